The highest BCUT2D eigenvalue weighted by molar-refractivity contribution is 7.89. The number of nitrogens with zero attached hydrogens (tertiary/aromatic N) is 2. The topological polar surface area (TPSA) is 96.8 Å². The Balaban J connectivity index is 1.86. The summed E-state index contributed by atoms with van der Waals surface area (Å²) >= 11 is 0. The number of benzene rings is 1. The molecule has 1 atom stereocenters. The third-order valence-corrected chi connectivity index (χ3v) is 5.66. The summed E-state index contributed by atoms with van der Waals surface area (Å²) in [7, 11) is -3.69. The van der Waals surface area contributed by atoms with Gasteiger partial charge in [0.25, 0.3) is 0 Å². The van der Waals surface area contributed by atoms with Gasteiger partial charge in [0.2, 0.25) is 10.0 Å². The number of rotatable bonds is 5. The summed E-state index contributed by atoms with van der Waals surface area (Å²) in [5, 5.41) is 9.39. The van der Waals surface area contributed by atoms with Gasteiger partial charge in [-0.05, 0) is 18.6 Å². The van der Waals surface area contributed by atoms with E-state index in [1.54, 1.807) is 18.3 Å². The van der Waals surface area contributed by atoms with Gasteiger partial charge in [-0.25, -0.2) is 13.2 Å². The van der Waals surface area contributed by atoms with Crippen molar-refractivity contribution in [3.05, 3.63) is 36.5 Å². The molecule has 8 heteroatoms. The molecule has 3 rings (SSSR count). The fraction of sp³-hybridized carbons (Fsp3) is 0.333. The first kappa shape index (κ1) is 15.9. The Labute approximate surface area is 133 Å². The van der Waals surface area contributed by atoms with Crippen molar-refractivity contribution in [2.45, 2.75) is 17.4 Å². The number of hydrogen-bond acceptors (Lipinski definition) is 5. The lowest BCUT2D eigenvalue weighted by molar-refractivity contribution is -0.144. The van der Waals surface area contributed by atoms with Gasteiger partial charge in [0, 0.05) is 24.7 Å². The summed E-state index contributed by atoms with van der Waals surface area (Å²) in [5.41, 5.74) is 0.435. The standard InChI is InChI=1S/C15H16N2O5S/c18-14(19)10-22-12-6-8-17(9-12)23(20,21)13-5-1-3-11-4-2-7-16-15(11)13/h1-5,7,12H,6,8-10H2,(H,18,19)/t12-/m1/s1. The molecule has 1 N–H and O–H groups in total. The van der Waals surface area contributed by atoms with Crippen molar-refractivity contribution in [1.29, 1.82) is 0 Å². The van der Waals surface area contributed by atoms with Crippen LogP contribution in [0.5, 0.6) is 0 Å². The van der Waals surface area contributed by atoms with Crippen molar-refractivity contribution in [1.82, 2.24) is 9.29 Å². The third-order valence-electron chi connectivity index (χ3n) is 3.76. The van der Waals surface area contributed by atoms with Gasteiger partial charge < -0.3 is 9.84 Å². The number of fused-ring (bicyclic) bond motifs is 1. The summed E-state index contributed by atoms with van der Waals surface area (Å²) in [6.07, 6.45) is 1.64. The smallest absolute Gasteiger partial charge is 0.329 e. The molecule has 1 aromatic heterocycles. The predicted molar refractivity (Wildman–Crippen MR) is 82.5 cm³/mol. The van der Waals surface area contributed by atoms with Crippen LogP contribution < -0.4 is 0 Å². The lowest BCUT2D eigenvalue weighted by Crippen LogP contribution is -2.31. The van der Waals surface area contributed by atoms with Crippen LogP contribution in [-0.4, -0.2) is 54.6 Å². The van der Waals surface area contributed by atoms with E-state index in [2.05, 4.69) is 4.98 Å². The summed E-state index contributed by atoms with van der Waals surface area (Å²) in [5.74, 6) is -1.07. The molecule has 0 spiro atoms. The largest absolute Gasteiger partial charge is 0.480 e. The minimum atomic E-state index is -3.69. The van der Waals surface area contributed by atoms with Crippen LogP contribution in [0.3, 0.4) is 0 Å². The van der Waals surface area contributed by atoms with Crippen LogP contribution in [0, 0.1) is 0 Å². The quantitative estimate of drug-likeness (QED) is 0.878. The molecule has 0 radical (unpaired) electrons. The summed E-state index contributed by atoms with van der Waals surface area (Å²) < 4.78 is 32.2. The number of pyridine rings is 1. The Morgan fingerprint density at radius 1 is 1.35 bits per heavy atom. The Morgan fingerprint density at radius 3 is 2.91 bits per heavy atom. The van der Waals surface area contributed by atoms with E-state index in [1.165, 1.54) is 10.4 Å². The zero-order chi connectivity index (χ0) is 16.4. The number of aromatic nitrogens is 1. The van der Waals surface area contributed by atoms with Crippen LogP contribution in [0.15, 0.2) is 41.4 Å². The lowest BCUT2D eigenvalue weighted by atomic mass is 10.2. The van der Waals surface area contributed by atoms with Crippen molar-refractivity contribution in [3.8, 4) is 0 Å². The molecule has 1 fully saturated rings. The van der Waals surface area contributed by atoms with Gasteiger partial charge in [-0.1, -0.05) is 18.2 Å². The predicted octanol–water partition coefficient (Wildman–Crippen LogP) is 1.10. The number of carbonyl (C=O) groups is 1. The fourth-order valence-corrected chi connectivity index (χ4v) is 4.32. The van der Waals surface area contributed by atoms with E-state index in [4.69, 9.17) is 9.84 Å². The van der Waals surface area contributed by atoms with Gasteiger partial charge >= 0.3 is 5.97 Å². The van der Waals surface area contributed by atoms with Gasteiger partial charge in [0.05, 0.1) is 11.6 Å². The maximum atomic E-state index is 12.8. The lowest BCUT2D eigenvalue weighted by Gasteiger charge is -2.17. The van der Waals surface area contributed by atoms with Crippen LogP contribution in [-0.2, 0) is 19.6 Å². The molecule has 2 aromatic rings. The molecule has 0 unspecified atom stereocenters. The van der Waals surface area contributed by atoms with E-state index in [0.717, 1.165) is 5.39 Å². The van der Waals surface area contributed by atoms with Crippen LogP contribution in [0.4, 0.5) is 0 Å². The van der Waals surface area contributed by atoms with E-state index in [-0.39, 0.29) is 11.4 Å². The van der Waals surface area contributed by atoms with E-state index in [1.807, 2.05) is 12.1 Å². The number of carboxylic acid groups (broad SMARTS) is 1. The normalized spacial score (nSPS) is 19.2. The first-order chi connectivity index (χ1) is 11.0. The van der Waals surface area contributed by atoms with Gasteiger partial charge in [-0.15, -0.1) is 0 Å². The average molecular weight is 336 g/mol. The second-order valence-electron chi connectivity index (χ2n) is 5.31. The SMILES string of the molecule is O=C(O)CO[C@@H]1CCN(S(=O)(=O)c2cccc3cccnc23)C1. The van der Waals surface area contributed by atoms with E-state index in [9.17, 15) is 13.2 Å². The molecule has 0 saturated carbocycles. The van der Waals surface area contributed by atoms with Gasteiger partial charge in [0.1, 0.15) is 11.5 Å². The molecule has 2 heterocycles. The third kappa shape index (κ3) is 3.19. The molecule has 0 bridgehead atoms. The molecule has 1 aliphatic rings. The Morgan fingerprint density at radius 2 is 2.13 bits per heavy atom. The molecule has 122 valence electrons. The molecule has 0 aliphatic carbocycles. The van der Waals surface area contributed by atoms with Crippen molar-refractivity contribution in [2.75, 3.05) is 19.7 Å². The second kappa shape index (κ2) is 6.23. The average Bonchev–Trinajstić information content (AvgIpc) is 3.02. The summed E-state index contributed by atoms with van der Waals surface area (Å²) in [6.45, 7) is 0.0308. The highest BCUT2D eigenvalue weighted by Crippen LogP contribution is 2.27. The zero-order valence-corrected chi connectivity index (χ0v) is 13.1. The van der Waals surface area contributed by atoms with E-state index in [0.29, 0.717) is 18.5 Å². The number of sulfonamides is 1. The number of aliphatic carboxylic acids is 1. The minimum Gasteiger partial charge on any atom is -0.480 e. The van der Waals surface area contributed by atoms with Crippen LogP contribution in [0.1, 0.15) is 6.42 Å². The minimum absolute atomic E-state index is 0.152. The zero-order valence-electron chi connectivity index (χ0n) is 12.3. The number of ether oxygens (including phenoxy) is 1. The first-order valence-electron chi connectivity index (χ1n) is 7.16. The Hall–Kier alpha value is -2.03. The van der Waals surface area contributed by atoms with Crippen LogP contribution in [0.25, 0.3) is 10.9 Å². The maximum Gasteiger partial charge on any atom is 0.329 e. The monoisotopic (exact) mass is 336 g/mol. The molecule has 1 aliphatic heterocycles. The first-order valence-corrected chi connectivity index (χ1v) is 8.60. The van der Waals surface area contributed by atoms with Crippen LogP contribution in [0.2, 0.25) is 0 Å². The van der Waals surface area contributed by atoms with E-state index >= 15 is 0 Å². The van der Waals surface area contributed by atoms with Crippen molar-refractivity contribution in [2.24, 2.45) is 0 Å². The molecule has 23 heavy (non-hydrogen) atoms. The molecule has 1 saturated heterocycles. The summed E-state index contributed by atoms with van der Waals surface area (Å²) in [6, 6.07) is 8.60. The Bertz CT molecular complexity index is 831. The highest BCUT2D eigenvalue weighted by Gasteiger charge is 2.34. The Kier molecular flexibility index (Phi) is 4.29. The fourth-order valence-electron chi connectivity index (χ4n) is 2.66. The number of para-hydroxylation sites is 1. The molecular formula is C15H16N2O5S. The van der Waals surface area contributed by atoms with Crippen molar-refractivity contribution >= 4 is 26.9 Å². The second-order valence-corrected chi connectivity index (χ2v) is 7.22. The van der Waals surface area contributed by atoms with Crippen molar-refractivity contribution in [3.63, 3.8) is 0 Å². The summed E-state index contributed by atoms with van der Waals surface area (Å²) in [4.78, 5) is 14.9. The maximum absolute atomic E-state index is 12.8. The van der Waals surface area contributed by atoms with Gasteiger partial charge in [-0.2, -0.15) is 4.31 Å². The van der Waals surface area contributed by atoms with Crippen LogP contribution >= 0.6 is 0 Å². The molecule has 0 amide bonds. The molecule has 7 nitrogen and oxygen atoms in total. The number of hydrogen-bond donors (Lipinski definition) is 1. The van der Waals surface area contributed by atoms with Crippen molar-refractivity contribution < 1.29 is 23.1 Å². The molecule has 1 aromatic carbocycles. The number of carboxylic acids is 1. The van der Waals surface area contributed by atoms with E-state index < -0.39 is 28.7 Å². The highest BCUT2D eigenvalue weighted by atomic mass is 32.2. The van der Waals surface area contributed by atoms with Gasteiger partial charge in [0.15, 0.2) is 0 Å². The molecular weight excluding hydrogens is 320 g/mol. The van der Waals surface area contributed by atoms with Gasteiger partial charge in [-0.3, -0.25) is 4.98 Å².